The third kappa shape index (κ3) is 8.47. The maximum atomic E-state index is 10.5. The van der Waals surface area contributed by atoms with Crippen molar-refractivity contribution in [1.29, 1.82) is 0 Å². The molecule has 0 aliphatic rings. The summed E-state index contributed by atoms with van der Waals surface area (Å²) in [4.78, 5) is 0. The molecule has 0 aromatic heterocycles. The molecule has 0 saturated heterocycles. The molecule has 5 N–H and O–H groups in total. The first-order chi connectivity index (χ1) is 7.65. The Kier molecular flexibility index (Phi) is 7.14. The van der Waals surface area contributed by atoms with Gasteiger partial charge in [-0.2, -0.15) is 8.42 Å². The van der Waals surface area contributed by atoms with Crippen LogP contribution < -0.4 is 5.32 Å². The molecule has 3 atom stereocenters. The van der Waals surface area contributed by atoms with Crippen molar-refractivity contribution in [2.45, 2.75) is 38.6 Å². The summed E-state index contributed by atoms with van der Waals surface area (Å²) in [6.45, 7) is 3.60. The predicted molar refractivity (Wildman–Crippen MR) is 61.9 cm³/mol. The summed E-state index contributed by atoms with van der Waals surface area (Å²) in [6.07, 6.45) is -2.61. The van der Waals surface area contributed by atoms with Crippen LogP contribution in [0, 0.1) is 5.92 Å². The summed E-state index contributed by atoms with van der Waals surface area (Å²) in [7, 11) is -4.35. The molecule has 0 aromatic rings. The highest BCUT2D eigenvalue weighted by Gasteiger charge is 2.24. The van der Waals surface area contributed by atoms with Crippen molar-refractivity contribution in [2.75, 3.05) is 12.4 Å². The quantitative estimate of drug-likeness (QED) is 0.270. The summed E-state index contributed by atoms with van der Waals surface area (Å²) in [5.41, 5.74) is 0. The number of aliphatic hydroxyl groups excluding tert-OH is 3. The maximum absolute atomic E-state index is 10.5. The molecule has 0 amide bonds. The molecule has 0 aromatic carbocycles. The highest BCUT2D eigenvalue weighted by molar-refractivity contribution is 7.85. The van der Waals surface area contributed by atoms with Crippen LogP contribution in [-0.2, 0) is 10.1 Å². The molecule has 0 radical (unpaired) electrons. The van der Waals surface area contributed by atoms with E-state index in [1.54, 1.807) is 0 Å². The molecule has 0 spiro atoms. The summed E-state index contributed by atoms with van der Waals surface area (Å²) in [5.74, 6) is -0.688. The van der Waals surface area contributed by atoms with Gasteiger partial charge < -0.3 is 15.3 Å². The van der Waals surface area contributed by atoms with E-state index in [0.717, 1.165) is 0 Å². The predicted octanol–water partition coefficient (Wildman–Crippen LogP) is -1.45. The molecule has 104 valence electrons. The van der Waals surface area contributed by atoms with Gasteiger partial charge in [0.25, 0.3) is 10.1 Å². The van der Waals surface area contributed by atoms with Gasteiger partial charge in [-0.05, 0) is 12.3 Å². The van der Waals surface area contributed by atoms with Crippen LogP contribution in [0.25, 0.3) is 0 Å². The third-order valence-electron chi connectivity index (χ3n) is 2.13. The second-order valence-electron chi connectivity index (χ2n) is 4.44. The molecule has 0 bridgehead atoms. The van der Waals surface area contributed by atoms with Gasteiger partial charge in [0.15, 0.2) is 0 Å². The van der Waals surface area contributed by atoms with Gasteiger partial charge in [0, 0.05) is 6.04 Å². The lowest BCUT2D eigenvalue weighted by Crippen LogP contribution is -2.49. The zero-order chi connectivity index (χ0) is 13.6. The van der Waals surface area contributed by atoms with E-state index in [1.807, 2.05) is 13.8 Å². The lowest BCUT2D eigenvalue weighted by atomic mass is 10.0. The van der Waals surface area contributed by atoms with Crippen molar-refractivity contribution in [3.63, 3.8) is 0 Å². The first-order valence-electron chi connectivity index (χ1n) is 5.34. The van der Waals surface area contributed by atoms with Crippen LogP contribution in [0.15, 0.2) is 0 Å². The van der Waals surface area contributed by atoms with E-state index in [-0.39, 0.29) is 12.5 Å². The molecule has 0 aliphatic carbocycles. The van der Waals surface area contributed by atoms with E-state index in [4.69, 9.17) is 9.66 Å². The number of rotatable bonds is 8. The third-order valence-corrected chi connectivity index (χ3v) is 2.89. The van der Waals surface area contributed by atoms with Crippen molar-refractivity contribution >= 4 is 10.1 Å². The standard InChI is InChI=1S/C9H21NO6S/c1-6(2)3-7(4-11)10-9(13)8(12)5-17(14,15)16/h6-13H,3-5H2,1-2H3,(H,14,15,16). The molecule has 3 unspecified atom stereocenters. The van der Waals surface area contributed by atoms with Crippen LogP contribution in [0.2, 0.25) is 0 Å². The minimum atomic E-state index is -4.35. The van der Waals surface area contributed by atoms with Crippen molar-refractivity contribution in [3.8, 4) is 0 Å². The summed E-state index contributed by atoms with van der Waals surface area (Å²) < 4.78 is 29.5. The van der Waals surface area contributed by atoms with Gasteiger partial charge in [-0.1, -0.05) is 13.8 Å². The molecule has 0 heterocycles. The van der Waals surface area contributed by atoms with Crippen LogP contribution in [0.5, 0.6) is 0 Å². The fourth-order valence-electron chi connectivity index (χ4n) is 1.42. The maximum Gasteiger partial charge on any atom is 0.267 e. The fraction of sp³-hybridized carbons (Fsp3) is 1.00. The van der Waals surface area contributed by atoms with Gasteiger partial charge in [-0.15, -0.1) is 0 Å². The zero-order valence-electron chi connectivity index (χ0n) is 9.94. The first kappa shape index (κ1) is 16.8. The van der Waals surface area contributed by atoms with Crippen LogP contribution in [0.1, 0.15) is 20.3 Å². The topological polar surface area (TPSA) is 127 Å². The van der Waals surface area contributed by atoms with E-state index in [0.29, 0.717) is 6.42 Å². The van der Waals surface area contributed by atoms with Crippen molar-refractivity contribution in [3.05, 3.63) is 0 Å². The van der Waals surface area contributed by atoms with Gasteiger partial charge >= 0.3 is 0 Å². The Morgan fingerprint density at radius 3 is 2.12 bits per heavy atom. The van der Waals surface area contributed by atoms with Gasteiger partial charge in [0.1, 0.15) is 18.1 Å². The number of aliphatic hydroxyl groups is 3. The Morgan fingerprint density at radius 1 is 1.24 bits per heavy atom. The lowest BCUT2D eigenvalue weighted by molar-refractivity contribution is -0.00414. The SMILES string of the molecule is CC(C)CC(CO)NC(O)C(O)CS(=O)(=O)O. The average Bonchev–Trinajstić information content (AvgIpc) is 2.13. The van der Waals surface area contributed by atoms with Crippen molar-refractivity contribution < 1.29 is 28.3 Å². The first-order valence-corrected chi connectivity index (χ1v) is 6.94. The molecular weight excluding hydrogens is 250 g/mol. The summed E-state index contributed by atoms with van der Waals surface area (Å²) in [5, 5.41) is 30.3. The second-order valence-corrected chi connectivity index (χ2v) is 5.93. The zero-order valence-corrected chi connectivity index (χ0v) is 10.8. The average molecular weight is 271 g/mol. The van der Waals surface area contributed by atoms with E-state index < -0.39 is 34.2 Å². The smallest absolute Gasteiger partial charge is 0.267 e. The molecule has 7 nitrogen and oxygen atoms in total. The Morgan fingerprint density at radius 2 is 1.76 bits per heavy atom. The molecule has 0 rings (SSSR count). The number of hydrogen-bond donors (Lipinski definition) is 5. The van der Waals surface area contributed by atoms with E-state index in [9.17, 15) is 18.6 Å². The Bertz CT molecular complexity index is 305. The highest BCUT2D eigenvalue weighted by Crippen LogP contribution is 2.06. The summed E-state index contributed by atoms with van der Waals surface area (Å²) in [6, 6.07) is -0.443. The molecule has 8 heteroatoms. The van der Waals surface area contributed by atoms with E-state index in [1.165, 1.54) is 0 Å². The van der Waals surface area contributed by atoms with Gasteiger partial charge in [0.05, 0.1) is 6.61 Å². The van der Waals surface area contributed by atoms with E-state index in [2.05, 4.69) is 5.32 Å². The molecule has 0 fully saturated rings. The Labute approximate surface area is 101 Å². The second kappa shape index (κ2) is 7.24. The van der Waals surface area contributed by atoms with Gasteiger partial charge in [-0.3, -0.25) is 9.87 Å². The Hall–Kier alpha value is -0.250. The van der Waals surface area contributed by atoms with E-state index >= 15 is 0 Å². The minimum Gasteiger partial charge on any atom is -0.395 e. The number of hydrogen-bond acceptors (Lipinski definition) is 6. The largest absolute Gasteiger partial charge is 0.395 e. The van der Waals surface area contributed by atoms with Crippen LogP contribution in [-0.4, -0.2) is 59.0 Å². The van der Waals surface area contributed by atoms with Crippen LogP contribution in [0.4, 0.5) is 0 Å². The van der Waals surface area contributed by atoms with Crippen molar-refractivity contribution in [1.82, 2.24) is 5.32 Å². The fourth-order valence-corrected chi connectivity index (χ4v) is 2.04. The highest BCUT2D eigenvalue weighted by atomic mass is 32.2. The Balaban J connectivity index is 4.26. The monoisotopic (exact) mass is 271 g/mol. The van der Waals surface area contributed by atoms with Crippen LogP contribution >= 0.6 is 0 Å². The van der Waals surface area contributed by atoms with Crippen LogP contribution in [0.3, 0.4) is 0 Å². The normalized spacial score (nSPS) is 18.1. The van der Waals surface area contributed by atoms with Gasteiger partial charge in [0.2, 0.25) is 0 Å². The minimum absolute atomic E-state index is 0.242. The van der Waals surface area contributed by atoms with Crippen molar-refractivity contribution in [2.24, 2.45) is 5.92 Å². The molecule has 0 aliphatic heterocycles. The molecule has 0 saturated carbocycles. The number of nitrogens with one attached hydrogen (secondary N) is 1. The lowest BCUT2D eigenvalue weighted by Gasteiger charge is -2.24. The molecule has 17 heavy (non-hydrogen) atoms. The summed E-state index contributed by atoms with van der Waals surface area (Å²) >= 11 is 0. The van der Waals surface area contributed by atoms with Gasteiger partial charge in [-0.25, -0.2) is 0 Å². The molecular formula is C9H21NO6S.